The van der Waals surface area contributed by atoms with Gasteiger partial charge in [-0.25, -0.2) is 0 Å². The van der Waals surface area contributed by atoms with Crippen LogP contribution in [-0.4, -0.2) is 18.0 Å². The summed E-state index contributed by atoms with van der Waals surface area (Å²) in [4.78, 5) is 0.804. The highest BCUT2D eigenvalue weighted by Gasteiger charge is 2.29. The van der Waals surface area contributed by atoms with E-state index in [9.17, 15) is 0 Å². The zero-order chi connectivity index (χ0) is 8.39. The first-order valence-electron chi connectivity index (χ1n) is 5.08. The van der Waals surface area contributed by atoms with Gasteiger partial charge in [0.2, 0.25) is 0 Å². The van der Waals surface area contributed by atoms with Crippen molar-refractivity contribution in [1.82, 2.24) is 0 Å². The minimum absolute atomic E-state index is 0.804. The molecule has 1 heterocycles. The zero-order valence-electron chi connectivity index (χ0n) is 7.47. The van der Waals surface area contributed by atoms with Gasteiger partial charge in [-0.05, 0) is 43.9 Å². The minimum atomic E-state index is 0.804. The van der Waals surface area contributed by atoms with Crippen LogP contribution in [0.1, 0.15) is 32.1 Å². The van der Waals surface area contributed by atoms with Crippen LogP contribution in [0.15, 0.2) is 0 Å². The molecule has 1 saturated carbocycles. The molecular formula is C10H17BrO. The lowest BCUT2D eigenvalue weighted by Gasteiger charge is -2.10. The van der Waals surface area contributed by atoms with Gasteiger partial charge in [-0.3, -0.25) is 0 Å². The van der Waals surface area contributed by atoms with Gasteiger partial charge < -0.3 is 4.74 Å². The van der Waals surface area contributed by atoms with Crippen LogP contribution in [0.25, 0.3) is 0 Å². The molecule has 0 aromatic carbocycles. The van der Waals surface area contributed by atoms with Gasteiger partial charge in [-0.15, -0.1) is 0 Å². The molecule has 1 saturated heterocycles. The number of hydrogen-bond acceptors (Lipinski definition) is 1. The summed E-state index contributed by atoms with van der Waals surface area (Å²) in [6.45, 7) is 2.02. The summed E-state index contributed by atoms with van der Waals surface area (Å²) in [5.74, 6) is 1.87. The van der Waals surface area contributed by atoms with Crippen LogP contribution in [0, 0.1) is 11.8 Å². The van der Waals surface area contributed by atoms with Gasteiger partial charge in [0.25, 0.3) is 0 Å². The van der Waals surface area contributed by atoms with Crippen molar-refractivity contribution in [3.8, 4) is 0 Å². The Morgan fingerprint density at radius 1 is 1.33 bits per heavy atom. The highest BCUT2D eigenvalue weighted by Crippen LogP contribution is 2.39. The summed E-state index contributed by atoms with van der Waals surface area (Å²) in [6.07, 6.45) is 6.93. The van der Waals surface area contributed by atoms with Gasteiger partial charge in [0.15, 0.2) is 0 Å². The molecule has 0 aromatic heterocycles. The van der Waals surface area contributed by atoms with Crippen molar-refractivity contribution >= 4 is 15.9 Å². The molecule has 1 nitrogen and oxygen atoms in total. The van der Waals surface area contributed by atoms with Gasteiger partial charge in [0.1, 0.15) is 0 Å². The molecule has 2 aliphatic rings. The third-order valence-corrected chi connectivity index (χ3v) is 4.21. The van der Waals surface area contributed by atoms with E-state index >= 15 is 0 Å². The predicted molar refractivity (Wildman–Crippen MR) is 53.6 cm³/mol. The summed E-state index contributed by atoms with van der Waals surface area (Å²) >= 11 is 3.77. The maximum Gasteiger partial charge on any atom is 0.0495 e. The molecule has 12 heavy (non-hydrogen) atoms. The van der Waals surface area contributed by atoms with Crippen LogP contribution < -0.4 is 0 Å². The average molecular weight is 233 g/mol. The zero-order valence-corrected chi connectivity index (χ0v) is 9.05. The summed E-state index contributed by atoms with van der Waals surface area (Å²) in [6, 6.07) is 0. The fourth-order valence-electron chi connectivity index (χ4n) is 1.90. The lowest BCUT2D eigenvalue weighted by molar-refractivity contribution is 0.183. The number of halogens is 1. The Labute approximate surface area is 83.0 Å². The summed E-state index contributed by atoms with van der Waals surface area (Å²) in [5, 5.41) is 0. The Hall–Kier alpha value is 0.440. The van der Waals surface area contributed by atoms with Crippen LogP contribution in [0.3, 0.4) is 0 Å². The molecule has 0 radical (unpaired) electrons. The Morgan fingerprint density at radius 3 is 2.75 bits per heavy atom. The van der Waals surface area contributed by atoms with Crippen LogP contribution in [-0.2, 0) is 4.74 Å². The second-order valence-electron chi connectivity index (χ2n) is 4.16. The van der Waals surface area contributed by atoms with Crippen molar-refractivity contribution in [3.63, 3.8) is 0 Å². The molecule has 2 atom stereocenters. The molecule has 0 aromatic rings. The van der Waals surface area contributed by atoms with Crippen molar-refractivity contribution in [1.29, 1.82) is 0 Å². The van der Waals surface area contributed by atoms with Gasteiger partial charge in [0, 0.05) is 18.0 Å². The Kier molecular flexibility index (Phi) is 3.08. The fourth-order valence-corrected chi connectivity index (χ4v) is 2.69. The van der Waals surface area contributed by atoms with Crippen molar-refractivity contribution < 1.29 is 4.74 Å². The molecule has 0 spiro atoms. The number of rotatable bonds is 4. The Balaban J connectivity index is 1.60. The van der Waals surface area contributed by atoms with Crippen LogP contribution >= 0.6 is 15.9 Å². The smallest absolute Gasteiger partial charge is 0.0495 e. The molecule has 2 unspecified atom stereocenters. The van der Waals surface area contributed by atoms with E-state index in [0.29, 0.717) is 0 Å². The maximum absolute atomic E-state index is 5.35. The van der Waals surface area contributed by atoms with E-state index in [0.717, 1.165) is 29.9 Å². The van der Waals surface area contributed by atoms with Crippen molar-refractivity contribution in [3.05, 3.63) is 0 Å². The number of ether oxygens (including phenoxy) is 1. The molecule has 2 heteroatoms. The average Bonchev–Trinajstić information content (AvgIpc) is 2.80. The number of hydrogen-bond donors (Lipinski definition) is 0. The summed E-state index contributed by atoms with van der Waals surface area (Å²) < 4.78 is 5.35. The Morgan fingerprint density at radius 2 is 2.17 bits per heavy atom. The van der Waals surface area contributed by atoms with E-state index in [-0.39, 0.29) is 0 Å². The first kappa shape index (κ1) is 9.01. The number of alkyl halides is 1. The minimum Gasteiger partial charge on any atom is -0.381 e. The third-order valence-electron chi connectivity index (χ3n) is 3.01. The van der Waals surface area contributed by atoms with E-state index in [1.54, 1.807) is 0 Å². The topological polar surface area (TPSA) is 9.23 Å². The van der Waals surface area contributed by atoms with E-state index in [2.05, 4.69) is 15.9 Å². The largest absolute Gasteiger partial charge is 0.381 e. The molecular weight excluding hydrogens is 216 g/mol. The molecule has 70 valence electrons. The predicted octanol–water partition coefficient (Wildman–Crippen LogP) is 2.98. The normalized spacial score (nSPS) is 32.2. The second kappa shape index (κ2) is 4.10. The van der Waals surface area contributed by atoms with E-state index < -0.39 is 0 Å². The van der Waals surface area contributed by atoms with E-state index in [1.165, 1.54) is 32.1 Å². The monoisotopic (exact) mass is 232 g/mol. The van der Waals surface area contributed by atoms with Crippen molar-refractivity contribution in [2.45, 2.75) is 36.9 Å². The van der Waals surface area contributed by atoms with Crippen LogP contribution in [0.5, 0.6) is 0 Å². The molecule has 2 rings (SSSR count). The van der Waals surface area contributed by atoms with Crippen LogP contribution in [0.4, 0.5) is 0 Å². The molecule has 0 amide bonds. The molecule has 0 bridgehead atoms. The first-order valence-corrected chi connectivity index (χ1v) is 5.99. The van der Waals surface area contributed by atoms with Gasteiger partial charge >= 0.3 is 0 Å². The lowest BCUT2D eigenvalue weighted by Crippen LogP contribution is -2.06. The van der Waals surface area contributed by atoms with E-state index in [4.69, 9.17) is 4.74 Å². The van der Waals surface area contributed by atoms with Gasteiger partial charge in [-0.1, -0.05) is 15.9 Å². The quantitative estimate of drug-likeness (QED) is 0.678. The summed E-state index contributed by atoms with van der Waals surface area (Å²) in [5.41, 5.74) is 0. The molecule has 2 fully saturated rings. The van der Waals surface area contributed by atoms with Crippen LogP contribution in [0.2, 0.25) is 0 Å². The second-order valence-corrected chi connectivity index (χ2v) is 5.34. The maximum atomic E-state index is 5.35. The lowest BCUT2D eigenvalue weighted by atomic mass is 10.0. The molecule has 1 aliphatic heterocycles. The molecule has 0 N–H and O–H groups in total. The van der Waals surface area contributed by atoms with E-state index in [1.807, 2.05) is 0 Å². The highest BCUT2D eigenvalue weighted by molar-refractivity contribution is 9.09. The van der Waals surface area contributed by atoms with Crippen molar-refractivity contribution in [2.75, 3.05) is 13.2 Å². The SMILES string of the molecule is BrC(CCC1CCOC1)C1CC1. The van der Waals surface area contributed by atoms with Gasteiger partial charge in [-0.2, -0.15) is 0 Å². The third kappa shape index (κ3) is 2.46. The highest BCUT2D eigenvalue weighted by atomic mass is 79.9. The Bertz CT molecular complexity index is 137. The molecule has 1 aliphatic carbocycles. The standard InChI is InChI=1S/C10H17BrO/c11-10(9-2-3-9)4-1-8-5-6-12-7-8/h8-10H,1-7H2. The fraction of sp³-hybridized carbons (Fsp3) is 1.00. The first-order chi connectivity index (χ1) is 5.86. The van der Waals surface area contributed by atoms with Gasteiger partial charge in [0.05, 0.1) is 0 Å². The summed E-state index contributed by atoms with van der Waals surface area (Å²) in [7, 11) is 0. The van der Waals surface area contributed by atoms with Crippen molar-refractivity contribution in [2.24, 2.45) is 11.8 Å².